The summed E-state index contributed by atoms with van der Waals surface area (Å²) in [6, 6.07) is 4.58. The summed E-state index contributed by atoms with van der Waals surface area (Å²) in [4.78, 5) is 27.4. The molecule has 1 aromatic rings. The average molecular weight is 381 g/mol. The number of rotatable bonds is 2. The lowest BCUT2D eigenvalue weighted by Crippen LogP contribution is -2.44. The van der Waals surface area contributed by atoms with Crippen LogP contribution in [0.25, 0.3) is 0 Å². The highest BCUT2D eigenvalue weighted by Gasteiger charge is 2.54. The van der Waals surface area contributed by atoms with Crippen molar-refractivity contribution in [1.82, 2.24) is 5.32 Å². The van der Waals surface area contributed by atoms with Crippen LogP contribution in [0, 0.1) is 17.3 Å². The first-order chi connectivity index (χ1) is 13.5. The maximum absolute atomic E-state index is 12.6. The fraction of sp³-hybridized carbons (Fsp3) is 0.667. The Morgan fingerprint density at radius 2 is 1.93 bits per heavy atom. The molecule has 1 saturated heterocycles. The van der Waals surface area contributed by atoms with Crippen molar-refractivity contribution in [2.24, 2.45) is 17.3 Å². The summed E-state index contributed by atoms with van der Waals surface area (Å²) in [5.74, 6) is 2.44. The van der Waals surface area contributed by atoms with Crippen molar-refractivity contribution in [1.29, 1.82) is 0 Å². The predicted octanol–water partition coefficient (Wildman–Crippen LogP) is 3.72. The predicted molar refractivity (Wildman–Crippen MR) is 111 cm³/mol. The van der Waals surface area contributed by atoms with Gasteiger partial charge in [0, 0.05) is 49.3 Å². The molecule has 0 radical (unpaired) electrons. The van der Waals surface area contributed by atoms with Crippen LogP contribution < -0.4 is 10.2 Å². The van der Waals surface area contributed by atoms with Gasteiger partial charge in [0.2, 0.25) is 0 Å². The number of benzene rings is 1. The second kappa shape index (κ2) is 6.69. The highest BCUT2D eigenvalue weighted by molar-refractivity contribution is 6.00. The van der Waals surface area contributed by atoms with E-state index in [1.54, 1.807) is 6.92 Å². The molecule has 28 heavy (non-hydrogen) atoms. The summed E-state index contributed by atoms with van der Waals surface area (Å²) in [6.45, 7) is 7.82. The number of hydrogen-bond donors (Lipinski definition) is 1. The summed E-state index contributed by atoms with van der Waals surface area (Å²) >= 11 is 0. The number of aryl methyl sites for hydroxylation is 1. The van der Waals surface area contributed by atoms with E-state index in [2.05, 4.69) is 29.3 Å². The van der Waals surface area contributed by atoms with E-state index < -0.39 is 0 Å². The molecule has 0 aromatic heterocycles. The second-order valence-corrected chi connectivity index (χ2v) is 9.69. The summed E-state index contributed by atoms with van der Waals surface area (Å²) in [7, 11) is 0. The highest BCUT2D eigenvalue weighted by Crippen LogP contribution is 2.59. The minimum atomic E-state index is -0.0701. The number of piperazine rings is 1. The van der Waals surface area contributed by atoms with Crippen LogP contribution in [-0.2, 0) is 11.2 Å². The number of nitrogens with zero attached hydrogens (tertiary/aromatic N) is 1. The van der Waals surface area contributed by atoms with Gasteiger partial charge in [0.05, 0.1) is 0 Å². The van der Waals surface area contributed by atoms with Gasteiger partial charge >= 0.3 is 0 Å². The summed E-state index contributed by atoms with van der Waals surface area (Å²) < 4.78 is 0. The van der Waals surface area contributed by atoms with E-state index in [-0.39, 0.29) is 11.2 Å². The van der Waals surface area contributed by atoms with Crippen LogP contribution in [0.2, 0.25) is 0 Å². The molecule has 3 aliphatic carbocycles. The molecule has 4 atom stereocenters. The van der Waals surface area contributed by atoms with Crippen molar-refractivity contribution in [2.45, 2.75) is 58.3 Å². The third-order valence-corrected chi connectivity index (χ3v) is 8.39. The van der Waals surface area contributed by atoms with Crippen LogP contribution in [0.3, 0.4) is 0 Å². The highest BCUT2D eigenvalue weighted by atomic mass is 16.1. The Bertz CT molecular complexity index is 826. The average Bonchev–Trinajstić information content (AvgIpc) is 3.02. The monoisotopic (exact) mass is 380 g/mol. The van der Waals surface area contributed by atoms with Gasteiger partial charge in [0.25, 0.3) is 0 Å². The first-order valence-electron chi connectivity index (χ1n) is 11.2. The molecule has 4 aliphatic rings. The van der Waals surface area contributed by atoms with Gasteiger partial charge in [-0.3, -0.25) is 9.59 Å². The van der Waals surface area contributed by atoms with Gasteiger partial charge in [-0.25, -0.2) is 0 Å². The smallest absolute Gasteiger partial charge is 0.161 e. The van der Waals surface area contributed by atoms with Gasteiger partial charge < -0.3 is 10.2 Å². The van der Waals surface area contributed by atoms with Crippen LogP contribution in [0.5, 0.6) is 0 Å². The molecule has 1 aliphatic heterocycles. The Labute approximate surface area is 168 Å². The molecule has 150 valence electrons. The van der Waals surface area contributed by atoms with E-state index in [4.69, 9.17) is 0 Å². The largest absolute Gasteiger partial charge is 0.368 e. The van der Waals surface area contributed by atoms with Gasteiger partial charge in [-0.1, -0.05) is 6.92 Å². The third-order valence-electron chi connectivity index (χ3n) is 8.39. The molecule has 0 amide bonds. The maximum Gasteiger partial charge on any atom is 0.161 e. The van der Waals surface area contributed by atoms with Crippen LogP contribution in [0.1, 0.15) is 73.4 Å². The van der Waals surface area contributed by atoms with Crippen LogP contribution in [0.4, 0.5) is 5.69 Å². The van der Waals surface area contributed by atoms with Crippen molar-refractivity contribution in [2.75, 3.05) is 31.1 Å². The molecule has 0 bridgehead atoms. The number of fused-ring (bicyclic) bond motifs is 5. The number of carbonyl (C=O) groups is 2. The van der Waals surface area contributed by atoms with E-state index in [0.717, 1.165) is 69.5 Å². The molecular weight excluding hydrogens is 348 g/mol. The van der Waals surface area contributed by atoms with E-state index >= 15 is 0 Å². The molecule has 3 fully saturated rings. The van der Waals surface area contributed by atoms with Gasteiger partial charge in [-0.2, -0.15) is 0 Å². The van der Waals surface area contributed by atoms with Crippen molar-refractivity contribution in [3.63, 3.8) is 0 Å². The first-order valence-corrected chi connectivity index (χ1v) is 11.2. The standard InChI is InChI=1S/C24H32N2O2/c1-15(27)19-13-16-3-4-18-17(7-8-24(2)21(18)5-6-23(24)28)20(16)14-22(19)26-11-9-25-10-12-26/h13-14,17-18,21,25H,3-12H2,1-2H3/t17-,18+,21-,24-/m0/s1. The summed E-state index contributed by atoms with van der Waals surface area (Å²) in [5, 5.41) is 3.42. The van der Waals surface area contributed by atoms with Crippen molar-refractivity contribution in [3.05, 3.63) is 28.8 Å². The minimum absolute atomic E-state index is 0.0701. The minimum Gasteiger partial charge on any atom is -0.368 e. The van der Waals surface area contributed by atoms with Crippen molar-refractivity contribution >= 4 is 17.3 Å². The fourth-order valence-corrected chi connectivity index (χ4v) is 6.83. The third kappa shape index (κ3) is 2.67. The Morgan fingerprint density at radius 1 is 1.14 bits per heavy atom. The Morgan fingerprint density at radius 3 is 2.68 bits per heavy atom. The van der Waals surface area contributed by atoms with Crippen LogP contribution >= 0.6 is 0 Å². The lowest BCUT2D eigenvalue weighted by atomic mass is 9.55. The molecule has 2 saturated carbocycles. The fourth-order valence-electron chi connectivity index (χ4n) is 6.83. The molecule has 4 nitrogen and oxygen atoms in total. The molecular formula is C24H32N2O2. The van der Waals surface area contributed by atoms with E-state index in [0.29, 0.717) is 23.5 Å². The van der Waals surface area contributed by atoms with Crippen molar-refractivity contribution in [3.8, 4) is 0 Å². The SMILES string of the molecule is CC(=O)c1cc2c(cc1N1CCNCC1)[C@H]1CC[C@]3(C)C(=O)CC[C@H]3[C@@H]1CC2. The van der Waals surface area contributed by atoms with Gasteiger partial charge in [-0.05, 0) is 80.0 Å². The number of hydrogen-bond acceptors (Lipinski definition) is 4. The second-order valence-electron chi connectivity index (χ2n) is 9.69. The number of anilines is 1. The molecule has 5 rings (SSSR count). The quantitative estimate of drug-likeness (QED) is 0.795. The van der Waals surface area contributed by atoms with Crippen LogP contribution in [-0.4, -0.2) is 37.7 Å². The lowest BCUT2D eigenvalue weighted by molar-refractivity contribution is -0.129. The van der Waals surface area contributed by atoms with Gasteiger partial charge in [0.15, 0.2) is 5.78 Å². The Balaban J connectivity index is 1.55. The zero-order valence-corrected chi connectivity index (χ0v) is 17.2. The number of Topliss-reactive ketones (excluding diaryl/α,β-unsaturated/α-hetero) is 2. The number of ketones is 2. The lowest BCUT2D eigenvalue weighted by Gasteiger charge is -2.48. The summed E-state index contributed by atoms with van der Waals surface area (Å²) in [5.41, 5.74) is 4.84. The van der Waals surface area contributed by atoms with Crippen molar-refractivity contribution < 1.29 is 9.59 Å². The number of carbonyl (C=O) groups excluding carboxylic acids is 2. The van der Waals surface area contributed by atoms with E-state index in [9.17, 15) is 9.59 Å². The van der Waals surface area contributed by atoms with Gasteiger partial charge in [0.1, 0.15) is 5.78 Å². The Hall–Kier alpha value is -1.68. The topological polar surface area (TPSA) is 49.4 Å². The first kappa shape index (κ1) is 18.4. The normalized spacial score (nSPS) is 34.6. The van der Waals surface area contributed by atoms with E-state index in [1.165, 1.54) is 17.5 Å². The molecule has 1 heterocycles. The zero-order valence-electron chi connectivity index (χ0n) is 17.2. The molecule has 4 heteroatoms. The molecule has 1 N–H and O–H groups in total. The molecule has 0 unspecified atom stereocenters. The van der Waals surface area contributed by atoms with E-state index in [1.807, 2.05) is 0 Å². The van der Waals surface area contributed by atoms with Crippen LogP contribution in [0.15, 0.2) is 12.1 Å². The number of nitrogens with one attached hydrogen (secondary N) is 1. The Kier molecular flexibility index (Phi) is 4.38. The molecule has 1 aromatic carbocycles. The zero-order chi connectivity index (χ0) is 19.5. The van der Waals surface area contributed by atoms with Gasteiger partial charge in [-0.15, -0.1) is 0 Å². The summed E-state index contributed by atoms with van der Waals surface area (Å²) in [6.07, 6.45) is 6.26. The maximum atomic E-state index is 12.6. The molecule has 0 spiro atoms.